The Morgan fingerprint density at radius 1 is 1.29 bits per heavy atom. The van der Waals surface area contributed by atoms with Crippen LogP contribution in [0.15, 0.2) is 18.2 Å². The monoisotopic (exact) mass is 233 g/mol. The number of nitrogens with two attached hydrogens (primary N) is 1. The Hall–Kier alpha value is -1.02. The van der Waals surface area contributed by atoms with Crippen LogP contribution in [0.5, 0.6) is 5.75 Å². The number of aryl methyl sites for hydroxylation is 2. The molecule has 0 aliphatic carbocycles. The summed E-state index contributed by atoms with van der Waals surface area (Å²) in [7, 11) is 0. The number of hydrogen-bond acceptors (Lipinski definition) is 2. The van der Waals surface area contributed by atoms with E-state index in [0.29, 0.717) is 0 Å². The van der Waals surface area contributed by atoms with E-state index in [9.17, 15) is 0 Å². The van der Waals surface area contributed by atoms with Crippen molar-refractivity contribution in [1.29, 1.82) is 0 Å². The van der Waals surface area contributed by atoms with Gasteiger partial charge in [-0.3, -0.25) is 0 Å². The number of fused-ring (bicyclic) bond motifs is 1. The molecule has 1 aromatic rings. The van der Waals surface area contributed by atoms with Crippen molar-refractivity contribution >= 4 is 0 Å². The highest BCUT2D eigenvalue weighted by Gasteiger charge is 2.26. The second kappa shape index (κ2) is 5.09. The maximum atomic E-state index is 6.04. The van der Waals surface area contributed by atoms with Crippen molar-refractivity contribution < 1.29 is 4.74 Å². The van der Waals surface area contributed by atoms with E-state index in [1.165, 1.54) is 17.5 Å². The molecule has 0 amide bonds. The zero-order chi connectivity index (χ0) is 12.3. The van der Waals surface area contributed by atoms with Gasteiger partial charge in [0.1, 0.15) is 11.4 Å². The summed E-state index contributed by atoms with van der Waals surface area (Å²) in [6.45, 7) is 5.11. The van der Waals surface area contributed by atoms with Crippen LogP contribution in [-0.4, -0.2) is 12.1 Å². The molecule has 0 saturated heterocycles. The summed E-state index contributed by atoms with van der Waals surface area (Å²) in [4.78, 5) is 0. The van der Waals surface area contributed by atoms with Gasteiger partial charge in [0.15, 0.2) is 0 Å². The lowest BCUT2D eigenvalue weighted by molar-refractivity contribution is 0.0846. The fourth-order valence-corrected chi connectivity index (χ4v) is 2.31. The van der Waals surface area contributed by atoms with E-state index in [0.717, 1.165) is 38.0 Å². The summed E-state index contributed by atoms with van der Waals surface area (Å²) < 4.78 is 6.04. The number of benzene rings is 1. The van der Waals surface area contributed by atoms with Crippen molar-refractivity contribution in [3.05, 3.63) is 29.3 Å². The summed E-state index contributed by atoms with van der Waals surface area (Å²) in [5.41, 5.74) is 8.23. The average Bonchev–Trinajstić information content (AvgIpc) is 2.28. The SMILES string of the molecule is CC1(C)CCc2ccc(CCCCN)cc2O1. The highest BCUT2D eigenvalue weighted by molar-refractivity contribution is 5.39. The van der Waals surface area contributed by atoms with E-state index in [1.54, 1.807) is 0 Å². The summed E-state index contributed by atoms with van der Waals surface area (Å²) in [6.07, 6.45) is 5.61. The molecule has 0 saturated carbocycles. The van der Waals surface area contributed by atoms with E-state index >= 15 is 0 Å². The molecular weight excluding hydrogens is 210 g/mol. The van der Waals surface area contributed by atoms with Gasteiger partial charge in [0.25, 0.3) is 0 Å². The number of rotatable bonds is 4. The third-order valence-corrected chi connectivity index (χ3v) is 3.43. The summed E-state index contributed by atoms with van der Waals surface area (Å²) in [5, 5.41) is 0. The molecule has 0 spiro atoms. The second-order valence-electron chi connectivity index (χ2n) is 5.55. The first-order valence-corrected chi connectivity index (χ1v) is 6.62. The maximum absolute atomic E-state index is 6.04. The van der Waals surface area contributed by atoms with Crippen molar-refractivity contribution in [2.24, 2.45) is 5.73 Å². The lowest BCUT2D eigenvalue weighted by atomic mass is 9.93. The highest BCUT2D eigenvalue weighted by atomic mass is 16.5. The van der Waals surface area contributed by atoms with Gasteiger partial charge < -0.3 is 10.5 Å². The molecule has 17 heavy (non-hydrogen) atoms. The number of unbranched alkanes of at least 4 members (excludes halogenated alkanes) is 1. The molecule has 2 N–H and O–H groups in total. The number of hydrogen-bond donors (Lipinski definition) is 1. The van der Waals surface area contributed by atoms with Crippen LogP contribution in [0.2, 0.25) is 0 Å². The Kier molecular flexibility index (Phi) is 3.72. The Labute approximate surface area is 104 Å². The summed E-state index contributed by atoms with van der Waals surface area (Å²) >= 11 is 0. The third kappa shape index (κ3) is 3.22. The van der Waals surface area contributed by atoms with Gasteiger partial charge in [-0.1, -0.05) is 12.1 Å². The third-order valence-electron chi connectivity index (χ3n) is 3.43. The van der Waals surface area contributed by atoms with Crippen LogP contribution in [0.1, 0.15) is 44.2 Å². The highest BCUT2D eigenvalue weighted by Crippen LogP contribution is 2.33. The maximum Gasteiger partial charge on any atom is 0.123 e. The van der Waals surface area contributed by atoms with Gasteiger partial charge in [-0.25, -0.2) is 0 Å². The molecule has 2 heteroatoms. The largest absolute Gasteiger partial charge is 0.488 e. The Balaban J connectivity index is 2.07. The molecule has 1 aromatic carbocycles. The molecule has 0 radical (unpaired) electrons. The lowest BCUT2D eigenvalue weighted by Gasteiger charge is -2.32. The Morgan fingerprint density at radius 2 is 2.12 bits per heavy atom. The van der Waals surface area contributed by atoms with Crippen LogP contribution in [-0.2, 0) is 12.8 Å². The first-order valence-electron chi connectivity index (χ1n) is 6.62. The van der Waals surface area contributed by atoms with Crippen LogP contribution >= 0.6 is 0 Å². The lowest BCUT2D eigenvalue weighted by Crippen LogP contribution is -2.32. The molecule has 1 heterocycles. The predicted octanol–water partition coefficient (Wildman–Crippen LogP) is 3.07. The summed E-state index contributed by atoms with van der Waals surface area (Å²) in [6, 6.07) is 6.67. The van der Waals surface area contributed by atoms with Gasteiger partial charge in [0.2, 0.25) is 0 Å². The molecule has 1 aliphatic rings. The predicted molar refractivity (Wildman–Crippen MR) is 71.5 cm³/mol. The van der Waals surface area contributed by atoms with E-state index in [4.69, 9.17) is 10.5 Å². The second-order valence-corrected chi connectivity index (χ2v) is 5.55. The van der Waals surface area contributed by atoms with E-state index in [-0.39, 0.29) is 5.60 Å². The molecule has 0 atom stereocenters. The fraction of sp³-hybridized carbons (Fsp3) is 0.600. The molecule has 1 aliphatic heterocycles. The van der Waals surface area contributed by atoms with E-state index in [2.05, 4.69) is 32.0 Å². The normalized spacial score (nSPS) is 17.4. The minimum Gasteiger partial charge on any atom is -0.488 e. The quantitative estimate of drug-likeness (QED) is 0.811. The smallest absolute Gasteiger partial charge is 0.123 e. The van der Waals surface area contributed by atoms with Crippen LogP contribution in [0.25, 0.3) is 0 Å². The minimum atomic E-state index is -0.0110. The molecular formula is C15H23NO. The molecule has 0 fully saturated rings. The Bertz CT molecular complexity index is 385. The molecule has 2 rings (SSSR count). The van der Waals surface area contributed by atoms with Gasteiger partial charge in [0, 0.05) is 0 Å². The topological polar surface area (TPSA) is 35.2 Å². The molecule has 2 nitrogen and oxygen atoms in total. The van der Waals surface area contributed by atoms with Crippen molar-refractivity contribution in [3.63, 3.8) is 0 Å². The zero-order valence-corrected chi connectivity index (χ0v) is 11.0. The van der Waals surface area contributed by atoms with Gasteiger partial charge >= 0.3 is 0 Å². The van der Waals surface area contributed by atoms with Crippen molar-refractivity contribution in [2.45, 2.75) is 51.6 Å². The van der Waals surface area contributed by atoms with Gasteiger partial charge in [-0.2, -0.15) is 0 Å². The van der Waals surface area contributed by atoms with E-state index in [1.807, 2.05) is 0 Å². The standard InChI is InChI=1S/C15H23NO/c1-15(2)9-8-13-7-6-12(5-3-4-10-16)11-14(13)17-15/h6-7,11H,3-5,8-10,16H2,1-2H3. The first-order chi connectivity index (χ1) is 8.11. The van der Waals surface area contributed by atoms with Gasteiger partial charge in [-0.15, -0.1) is 0 Å². The number of ether oxygens (including phenoxy) is 1. The fourth-order valence-electron chi connectivity index (χ4n) is 2.31. The first kappa shape index (κ1) is 12.4. The Morgan fingerprint density at radius 3 is 2.88 bits per heavy atom. The van der Waals surface area contributed by atoms with Crippen molar-refractivity contribution in [3.8, 4) is 5.75 Å². The minimum absolute atomic E-state index is 0.0110. The molecule has 0 aromatic heterocycles. The van der Waals surface area contributed by atoms with Gasteiger partial charge in [-0.05, 0) is 69.7 Å². The van der Waals surface area contributed by atoms with Crippen LogP contribution in [0.4, 0.5) is 0 Å². The van der Waals surface area contributed by atoms with Crippen LogP contribution in [0, 0.1) is 0 Å². The van der Waals surface area contributed by atoms with Gasteiger partial charge in [0.05, 0.1) is 0 Å². The van der Waals surface area contributed by atoms with E-state index < -0.39 is 0 Å². The van der Waals surface area contributed by atoms with Crippen LogP contribution < -0.4 is 10.5 Å². The zero-order valence-electron chi connectivity index (χ0n) is 11.0. The van der Waals surface area contributed by atoms with Crippen molar-refractivity contribution in [2.75, 3.05) is 6.54 Å². The van der Waals surface area contributed by atoms with Crippen LogP contribution in [0.3, 0.4) is 0 Å². The average molecular weight is 233 g/mol. The molecule has 94 valence electrons. The molecule has 0 bridgehead atoms. The van der Waals surface area contributed by atoms with Crippen molar-refractivity contribution in [1.82, 2.24) is 0 Å². The molecule has 0 unspecified atom stereocenters. The summed E-state index contributed by atoms with van der Waals surface area (Å²) in [5.74, 6) is 1.09.